The van der Waals surface area contributed by atoms with Crippen LogP contribution in [0.25, 0.3) is 0 Å². The summed E-state index contributed by atoms with van der Waals surface area (Å²) in [5.41, 5.74) is 1.12. The van der Waals surface area contributed by atoms with Crippen LogP contribution in [0.4, 0.5) is 0 Å². The number of halogens is 2. The molecule has 3 heterocycles. The van der Waals surface area contributed by atoms with E-state index < -0.39 is 0 Å². The van der Waals surface area contributed by atoms with Gasteiger partial charge >= 0.3 is 0 Å². The normalized spacial score (nSPS) is 24.5. The molecule has 0 aliphatic carbocycles. The van der Waals surface area contributed by atoms with Crippen molar-refractivity contribution in [3.05, 3.63) is 11.6 Å². The maximum Gasteiger partial charge on any atom is 0.184 e. The molecule has 0 N–H and O–H groups in total. The summed E-state index contributed by atoms with van der Waals surface area (Å²) < 4.78 is 20.7. The first-order valence-electron chi connectivity index (χ1n) is 7.58. The van der Waals surface area contributed by atoms with Gasteiger partial charge in [0.15, 0.2) is 11.6 Å². The highest BCUT2D eigenvalue weighted by molar-refractivity contribution is 7.86. The quantitative estimate of drug-likeness (QED) is 0.742. The van der Waals surface area contributed by atoms with Crippen molar-refractivity contribution in [3.8, 4) is 0 Å². The topological polar surface area (TPSA) is 49.7 Å². The van der Waals surface area contributed by atoms with Gasteiger partial charge in [-0.05, 0) is 19.9 Å². The number of hydrogen-bond acceptors (Lipinski definition) is 6. The Bertz CT molecular complexity index is 491. The summed E-state index contributed by atoms with van der Waals surface area (Å²) in [6, 6.07) is 0. The molecule has 2 fully saturated rings. The van der Waals surface area contributed by atoms with Gasteiger partial charge < -0.3 is 19.3 Å². The number of methoxy groups -OCH3 is 1. The Kier molecular flexibility index (Phi) is 8.85. The van der Waals surface area contributed by atoms with Gasteiger partial charge in [-0.15, -0.1) is 24.8 Å². The molecule has 3 aliphatic heterocycles. The van der Waals surface area contributed by atoms with Crippen LogP contribution in [0.5, 0.6) is 0 Å². The molecule has 3 rings (SSSR count). The van der Waals surface area contributed by atoms with Gasteiger partial charge in [0.25, 0.3) is 0 Å². The maximum absolute atomic E-state index is 5.90. The highest BCUT2D eigenvalue weighted by Gasteiger charge is 2.28. The van der Waals surface area contributed by atoms with Crippen LogP contribution in [0.15, 0.2) is 20.3 Å². The molecule has 1 unspecified atom stereocenters. The molecule has 0 aromatic carbocycles. The second-order valence-electron chi connectivity index (χ2n) is 5.56. The lowest BCUT2D eigenvalue weighted by Gasteiger charge is -2.36. The van der Waals surface area contributed by atoms with Crippen LogP contribution in [0.2, 0.25) is 0 Å². The van der Waals surface area contributed by atoms with Crippen LogP contribution in [0.1, 0.15) is 12.8 Å². The number of piperazine rings is 1. The van der Waals surface area contributed by atoms with Crippen LogP contribution in [-0.2, 0) is 20.4 Å². The molecule has 0 spiro atoms. The molecule has 6 nitrogen and oxygen atoms in total. The van der Waals surface area contributed by atoms with Crippen molar-refractivity contribution < 1.29 is 9.47 Å². The predicted octanol–water partition coefficient (Wildman–Crippen LogP) is 1.87. The molecular formula is C14H26Cl2N4O2S. The van der Waals surface area contributed by atoms with Crippen LogP contribution in [0.3, 0.4) is 0 Å². The zero-order chi connectivity index (χ0) is 14.7. The lowest BCUT2D eigenvalue weighted by atomic mass is 10.1. The van der Waals surface area contributed by atoms with E-state index in [9.17, 15) is 0 Å². The van der Waals surface area contributed by atoms with Gasteiger partial charge in [-0.2, -0.15) is 4.36 Å². The van der Waals surface area contributed by atoms with Crippen LogP contribution in [0, 0.1) is 0 Å². The first-order chi connectivity index (χ1) is 10.3. The number of ether oxygens (including phenoxy) is 2. The Morgan fingerprint density at radius 1 is 1.22 bits per heavy atom. The highest BCUT2D eigenvalue weighted by atomic mass is 35.5. The summed E-state index contributed by atoms with van der Waals surface area (Å²) in [6.45, 7) is 5.66. The molecule has 0 aromatic rings. The summed E-state index contributed by atoms with van der Waals surface area (Å²) >= 11 is 0. The Hall–Kier alpha value is -0.340. The molecular weight excluding hydrogens is 359 g/mol. The minimum absolute atomic E-state index is 0. The average molecular weight is 385 g/mol. The van der Waals surface area contributed by atoms with E-state index in [2.05, 4.69) is 16.8 Å². The van der Waals surface area contributed by atoms with E-state index in [0.717, 1.165) is 68.7 Å². The molecule has 23 heavy (non-hydrogen) atoms. The van der Waals surface area contributed by atoms with E-state index >= 15 is 0 Å². The monoisotopic (exact) mass is 384 g/mol. The summed E-state index contributed by atoms with van der Waals surface area (Å²) in [7, 11) is 3.59. The lowest BCUT2D eigenvalue weighted by Crippen LogP contribution is -2.44. The summed E-state index contributed by atoms with van der Waals surface area (Å²) in [4.78, 5) is 4.72. The van der Waals surface area contributed by atoms with Gasteiger partial charge in [0.1, 0.15) is 0 Å². The third-order valence-corrected chi connectivity index (χ3v) is 5.30. The molecule has 0 saturated carbocycles. The van der Waals surface area contributed by atoms with Gasteiger partial charge in [0.05, 0.1) is 18.9 Å². The molecule has 1 atom stereocenters. The molecule has 3 aliphatic rings. The fourth-order valence-corrected chi connectivity index (χ4v) is 4.01. The second-order valence-corrected chi connectivity index (χ2v) is 7.01. The van der Waals surface area contributed by atoms with E-state index in [0.29, 0.717) is 6.61 Å². The molecule has 134 valence electrons. The zero-order valence-corrected chi connectivity index (χ0v) is 16.1. The van der Waals surface area contributed by atoms with Crippen molar-refractivity contribution in [2.45, 2.75) is 12.8 Å². The van der Waals surface area contributed by atoms with E-state index in [1.54, 1.807) is 7.11 Å². The first kappa shape index (κ1) is 20.7. The van der Waals surface area contributed by atoms with E-state index in [1.165, 1.54) is 0 Å². The van der Waals surface area contributed by atoms with Crippen molar-refractivity contribution in [1.82, 2.24) is 9.80 Å². The second kappa shape index (κ2) is 9.84. The highest BCUT2D eigenvalue weighted by Crippen LogP contribution is 2.27. The standard InChI is InChI=1S/C14H24N4O2S.2ClH/c1-17-5-7-18(8-6-17)14-13-12(4-3-9-20-13)15-21(16-14)11-10-19-2;;/h3-11H2,1-2H3;2*1H. The predicted molar refractivity (Wildman–Crippen MR) is 99.7 cm³/mol. The number of fused-ring (bicyclic) bond motifs is 1. The van der Waals surface area contributed by atoms with Crippen molar-refractivity contribution in [2.75, 3.05) is 59.3 Å². The molecule has 0 radical (unpaired) electrons. The SMILES string of the molecule is COCCS1=NC(N2CCN(C)CC2)=C2OCCCC2=N1.Cl.Cl. The Morgan fingerprint density at radius 2 is 1.96 bits per heavy atom. The van der Waals surface area contributed by atoms with E-state index in [-0.39, 0.29) is 35.7 Å². The van der Waals surface area contributed by atoms with Gasteiger partial charge in [0.2, 0.25) is 0 Å². The van der Waals surface area contributed by atoms with Crippen LogP contribution >= 0.6 is 24.8 Å². The van der Waals surface area contributed by atoms with Crippen LogP contribution in [-0.4, -0.2) is 74.8 Å². The van der Waals surface area contributed by atoms with Crippen molar-refractivity contribution in [2.24, 2.45) is 8.76 Å². The summed E-state index contributed by atoms with van der Waals surface area (Å²) in [5.74, 6) is 2.84. The van der Waals surface area contributed by atoms with Crippen molar-refractivity contribution in [3.63, 3.8) is 0 Å². The van der Waals surface area contributed by atoms with Gasteiger partial charge in [-0.1, -0.05) is 0 Å². The molecule has 2 saturated heterocycles. The smallest absolute Gasteiger partial charge is 0.184 e. The number of allylic oxidation sites excluding steroid dienone is 1. The number of rotatable bonds is 4. The fraction of sp³-hybridized carbons (Fsp3) is 0.786. The first-order valence-corrected chi connectivity index (χ1v) is 8.89. The molecule has 9 heteroatoms. The fourth-order valence-electron chi connectivity index (χ4n) is 2.65. The van der Waals surface area contributed by atoms with Gasteiger partial charge in [-0.3, -0.25) is 0 Å². The minimum atomic E-state index is -0.309. The third kappa shape index (κ3) is 5.06. The Morgan fingerprint density at radius 3 is 2.65 bits per heavy atom. The van der Waals surface area contributed by atoms with E-state index in [4.69, 9.17) is 18.2 Å². The summed E-state index contributed by atoms with van der Waals surface area (Å²) in [5, 5.41) is 0. The zero-order valence-electron chi connectivity index (χ0n) is 13.7. The van der Waals surface area contributed by atoms with Gasteiger partial charge in [-0.25, -0.2) is 4.40 Å². The number of hydrogen-bond donors (Lipinski definition) is 0. The number of nitrogens with zero attached hydrogens (tertiary/aromatic N) is 4. The Labute approximate surface area is 153 Å². The molecule has 0 bridgehead atoms. The van der Waals surface area contributed by atoms with Crippen molar-refractivity contribution >= 4 is 41.4 Å². The van der Waals surface area contributed by atoms with Crippen molar-refractivity contribution in [1.29, 1.82) is 0 Å². The number of likely N-dealkylation sites (N-methyl/N-ethyl adjacent to an activating group) is 1. The Balaban J connectivity index is 0.00000132. The van der Waals surface area contributed by atoms with Gasteiger partial charge in [0, 0.05) is 49.9 Å². The average Bonchev–Trinajstić information content (AvgIpc) is 2.53. The van der Waals surface area contributed by atoms with E-state index in [1.807, 2.05) is 0 Å². The minimum Gasteiger partial charge on any atom is -0.488 e. The summed E-state index contributed by atoms with van der Waals surface area (Å²) in [6.07, 6.45) is 2.07. The maximum atomic E-state index is 5.90. The largest absolute Gasteiger partial charge is 0.488 e. The third-order valence-electron chi connectivity index (χ3n) is 3.95. The lowest BCUT2D eigenvalue weighted by molar-refractivity contribution is 0.161. The molecule has 0 amide bonds. The molecule has 0 aromatic heterocycles. The van der Waals surface area contributed by atoms with Crippen LogP contribution < -0.4 is 0 Å².